The highest BCUT2D eigenvalue weighted by atomic mass is 16.3. The van der Waals surface area contributed by atoms with Gasteiger partial charge >= 0.3 is 0 Å². The van der Waals surface area contributed by atoms with Gasteiger partial charge in [0.2, 0.25) is 0 Å². The Labute approximate surface area is 183 Å². The van der Waals surface area contributed by atoms with E-state index < -0.39 is 12.2 Å². The number of rotatable bonds is 5. The zero-order valence-corrected chi connectivity index (χ0v) is 19.7. The molecule has 0 saturated heterocycles. The minimum atomic E-state index is -0.455. The van der Waals surface area contributed by atoms with Crippen LogP contribution in [0.4, 0.5) is 0 Å². The number of carbonyl (C=O) groups is 1. The average Bonchev–Trinajstić information content (AvgIpc) is 3.04. The zero-order chi connectivity index (χ0) is 21.8. The van der Waals surface area contributed by atoms with Crippen molar-refractivity contribution < 1.29 is 15.0 Å². The molecule has 4 aliphatic rings. The van der Waals surface area contributed by atoms with Crippen molar-refractivity contribution in [3.8, 4) is 0 Å². The lowest BCUT2D eigenvalue weighted by Crippen LogP contribution is -2.52. The van der Waals surface area contributed by atoms with Crippen molar-refractivity contribution in [2.45, 2.75) is 98.2 Å². The molecule has 8 atom stereocenters. The van der Waals surface area contributed by atoms with E-state index >= 15 is 0 Å². The summed E-state index contributed by atoms with van der Waals surface area (Å²) in [7, 11) is 0. The number of carbonyl (C=O) groups excluding carboxylic acids is 1. The van der Waals surface area contributed by atoms with Gasteiger partial charge in [-0.15, -0.1) is 0 Å². The maximum atomic E-state index is 12.2. The first-order valence-electron chi connectivity index (χ1n) is 12.4. The Balaban J connectivity index is 1.55. The molecular weight excluding hydrogens is 372 g/mol. The van der Waals surface area contributed by atoms with E-state index in [-0.39, 0.29) is 11.3 Å². The Morgan fingerprint density at radius 2 is 1.83 bits per heavy atom. The first kappa shape index (κ1) is 22.3. The third kappa shape index (κ3) is 3.35. The molecule has 4 aliphatic carbocycles. The highest BCUT2D eigenvalue weighted by molar-refractivity contribution is 5.80. The van der Waals surface area contributed by atoms with Gasteiger partial charge in [-0.2, -0.15) is 0 Å². The van der Waals surface area contributed by atoms with Crippen molar-refractivity contribution in [3.05, 3.63) is 23.3 Å². The van der Waals surface area contributed by atoms with Crippen LogP contribution in [0.3, 0.4) is 0 Å². The number of hydrogen-bond donors (Lipinski definition) is 2. The molecule has 2 N–H and O–H groups in total. The number of ketones is 1. The molecule has 0 aromatic rings. The summed E-state index contributed by atoms with van der Waals surface area (Å²) in [5.41, 5.74) is 2.92. The molecule has 0 bridgehead atoms. The van der Waals surface area contributed by atoms with Crippen LogP contribution in [0, 0.1) is 40.4 Å². The van der Waals surface area contributed by atoms with Crippen molar-refractivity contribution >= 4 is 5.78 Å². The Hall–Kier alpha value is -0.930. The van der Waals surface area contributed by atoms with Crippen LogP contribution in [-0.2, 0) is 4.79 Å². The Kier molecular flexibility index (Phi) is 5.85. The normalized spacial score (nSPS) is 43.9. The Morgan fingerprint density at radius 3 is 2.53 bits per heavy atom. The van der Waals surface area contributed by atoms with Crippen molar-refractivity contribution in [2.24, 2.45) is 40.4 Å². The molecule has 3 fully saturated rings. The fraction of sp³-hybridized carbons (Fsp3) is 0.815. The first-order chi connectivity index (χ1) is 14.1. The fourth-order valence-electron chi connectivity index (χ4n) is 7.88. The summed E-state index contributed by atoms with van der Waals surface area (Å²) in [6, 6.07) is 0. The SMILES string of the molecule is CC(C)C(=O)CC[C@@H](C)[C@H]1CC[C@H]2C3=CC=C4CC(O)CC(O)[C@]4(C)[C@H]3CC[C@]12C. The van der Waals surface area contributed by atoms with Gasteiger partial charge in [-0.25, -0.2) is 0 Å². The summed E-state index contributed by atoms with van der Waals surface area (Å²) >= 11 is 0. The van der Waals surface area contributed by atoms with Crippen LogP contribution in [0.1, 0.15) is 86.0 Å². The van der Waals surface area contributed by atoms with Crippen molar-refractivity contribution in [1.29, 1.82) is 0 Å². The molecule has 3 saturated carbocycles. The second-order valence-electron chi connectivity index (χ2n) is 11.7. The van der Waals surface area contributed by atoms with Gasteiger partial charge in [0.15, 0.2) is 0 Å². The van der Waals surface area contributed by atoms with E-state index in [1.165, 1.54) is 24.8 Å². The molecule has 0 aromatic heterocycles. The summed E-state index contributed by atoms with van der Waals surface area (Å²) in [6.45, 7) is 11.2. The number of Topliss-reactive ketones (excluding diaryl/α,β-unsaturated/α-hetero) is 1. The highest BCUT2D eigenvalue weighted by Crippen LogP contribution is 2.66. The van der Waals surface area contributed by atoms with E-state index in [9.17, 15) is 15.0 Å². The number of aliphatic hydroxyl groups excluding tert-OH is 2. The van der Waals surface area contributed by atoms with Gasteiger partial charge in [-0.3, -0.25) is 4.79 Å². The molecule has 4 rings (SSSR count). The molecule has 0 aromatic carbocycles. The van der Waals surface area contributed by atoms with Gasteiger partial charge in [0.1, 0.15) is 5.78 Å². The zero-order valence-electron chi connectivity index (χ0n) is 19.7. The molecule has 0 amide bonds. The number of fused-ring (bicyclic) bond motifs is 5. The van der Waals surface area contributed by atoms with E-state index in [0.717, 1.165) is 19.3 Å². The van der Waals surface area contributed by atoms with Gasteiger partial charge < -0.3 is 10.2 Å². The lowest BCUT2D eigenvalue weighted by molar-refractivity contribution is -0.122. The minimum absolute atomic E-state index is 0.147. The van der Waals surface area contributed by atoms with Gasteiger partial charge in [-0.05, 0) is 67.6 Å². The van der Waals surface area contributed by atoms with Crippen LogP contribution in [0.2, 0.25) is 0 Å². The number of aliphatic hydroxyl groups is 2. The molecule has 3 heteroatoms. The predicted molar refractivity (Wildman–Crippen MR) is 121 cm³/mol. The van der Waals surface area contributed by atoms with E-state index in [0.29, 0.717) is 47.7 Å². The van der Waals surface area contributed by atoms with Gasteiger partial charge in [0, 0.05) is 24.2 Å². The van der Waals surface area contributed by atoms with Crippen LogP contribution in [0.15, 0.2) is 23.3 Å². The summed E-state index contributed by atoms with van der Waals surface area (Å²) in [5.74, 6) is 2.82. The third-order valence-corrected chi connectivity index (χ3v) is 9.90. The second kappa shape index (κ2) is 7.89. The lowest BCUT2D eigenvalue weighted by Gasteiger charge is -2.56. The molecule has 2 unspecified atom stereocenters. The quantitative estimate of drug-likeness (QED) is 0.628. The molecule has 0 aliphatic heterocycles. The van der Waals surface area contributed by atoms with Crippen molar-refractivity contribution in [2.75, 3.05) is 0 Å². The van der Waals surface area contributed by atoms with Crippen LogP contribution in [-0.4, -0.2) is 28.2 Å². The molecule has 3 nitrogen and oxygen atoms in total. The van der Waals surface area contributed by atoms with E-state index in [4.69, 9.17) is 0 Å². The molecule has 0 spiro atoms. The van der Waals surface area contributed by atoms with E-state index in [2.05, 4.69) is 32.9 Å². The van der Waals surface area contributed by atoms with E-state index in [1.807, 2.05) is 13.8 Å². The van der Waals surface area contributed by atoms with Gasteiger partial charge in [0.05, 0.1) is 12.2 Å². The maximum Gasteiger partial charge on any atom is 0.135 e. The summed E-state index contributed by atoms with van der Waals surface area (Å²) < 4.78 is 0. The lowest BCUT2D eigenvalue weighted by atomic mass is 9.49. The van der Waals surface area contributed by atoms with Crippen LogP contribution >= 0.6 is 0 Å². The fourth-order valence-corrected chi connectivity index (χ4v) is 7.88. The van der Waals surface area contributed by atoms with Gasteiger partial charge in [0.25, 0.3) is 0 Å². The number of allylic oxidation sites excluding steroid dienone is 3. The monoisotopic (exact) mass is 414 g/mol. The van der Waals surface area contributed by atoms with Crippen molar-refractivity contribution in [3.63, 3.8) is 0 Å². The highest BCUT2D eigenvalue weighted by Gasteiger charge is 2.58. The van der Waals surface area contributed by atoms with Crippen LogP contribution in [0.25, 0.3) is 0 Å². The minimum Gasteiger partial charge on any atom is -0.393 e. The first-order valence-corrected chi connectivity index (χ1v) is 12.4. The molecule has 168 valence electrons. The Bertz CT molecular complexity index is 749. The summed E-state index contributed by atoms with van der Waals surface area (Å²) in [5, 5.41) is 21.2. The summed E-state index contributed by atoms with van der Waals surface area (Å²) in [6.07, 6.45) is 11.5. The molecular formula is C27H42O3. The molecule has 0 radical (unpaired) electrons. The predicted octanol–water partition coefficient (Wildman–Crippen LogP) is 5.46. The molecule has 0 heterocycles. The largest absolute Gasteiger partial charge is 0.393 e. The van der Waals surface area contributed by atoms with E-state index in [1.54, 1.807) is 5.57 Å². The smallest absolute Gasteiger partial charge is 0.135 e. The average molecular weight is 415 g/mol. The van der Waals surface area contributed by atoms with Crippen LogP contribution < -0.4 is 0 Å². The third-order valence-electron chi connectivity index (χ3n) is 9.90. The second-order valence-corrected chi connectivity index (χ2v) is 11.7. The standard InChI is InChI=1S/C27H42O3/c1-16(2)24(29)11-6-17(3)21-9-10-22-20-8-7-18-14-19(28)15-25(30)27(18,5)23(20)12-13-26(21,22)4/h7-8,16-17,19,21-23,25,28,30H,6,9-15H2,1-5H3/t17-,19?,21-,22+,23+,25?,26-,27+/m1/s1. The maximum absolute atomic E-state index is 12.2. The topological polar surface area (TPSA) is 57.5 Å². The Morgan fingerprint density at radius 1 is 1.10 bits per heavy atom. The van der Waals surface area contributed by atoms with Crippen LogP contribution in [0.5, 0.6) is 0 Å². The van der Waals surface area contributed by atoms with Crippen molar-refractivity contribution in [1.82, 2.24) is 0 Å². The van der Waals surface area contributed by atoms with Gasteiger partial charge in [-0.1, -0.05) is 57.9 Å². The molecule has 30 heavy (non-hydrogen) atoms. The summed E-state index contributed by atoms with van der Waals surface area (Å²) in [4.78, 5) is 12.2. The number of hydrogen-bond acceptors (Lipinski definition) is 3.